The summed E-state index contributed by atoms with van der Waals surface area (Å²) in [6.45, 7) is 2.17. The van der Waals surface area contributed by atoms with E-state index < -0.39 is 0 Å². The number of thiocarbonyl (C=S) groups is 1. The maximum absolute atomic E-state index is 6.16. The zero-order valence-corrected chi connectivity index (χ0v) is 9.23. The Balaban J connectivity index is 2.12. The molecule has 2 fully saturated rings. The number of likely N-dealkylation sites (tertiary alicyclic amines) is 1. The number of hydrogen-bond acceptors (Lipinski definition) is 1. The standard InChI is InChI=1S/C10H16BNS/c1-10(11)4-3-8-7(6-10)5-9(13)12(8)2/h7-8H,3-6H2,1-2H3. The lowest BCUT2D eigenvalue weighted by Crippen LogP contribution is -2.36. The predicted octanol–water partition coefficient (Wildman–Crippen LogP) is 2.17. The molecule has 0 N–H and O–H groups in total. The highest BCUT2D eigenvalue weighted by Gasteiger charge is 2.41. The van der Waals surface area contributed by atoms with Crippen LogP contribution in [0.3, 0.4) is 0 Å². The van der Waals surface area contributed by atoms with Gasteiger partial charge >= 0.3 is 0 Å². The van der Waals surface area contributed by atoms with Crippen LogP contribution in [-0.2, 0) is 0 Å². The van der Waals surface area contributed by atoms with E-state index in [9.17, 15) is 0 Å². The third-order valence-electron chi connectivity index (χ3n) is 3.61. The molecule has 1 saturated carbocycles. The highest BCUT2D eigenvalue weighted by atomic mass is 32.1. The quantitative estimate of drug-likeness (QED) is 0.428. The van der Waals surface area contributed by atoms with Gasteiger partial charge in [-0.25, -0.2) is 0 Å². The predicted molar refractivity (Wildman–Crippen MR) is 60.2 cm³/mol. The van der Waals surface area contributed by atoms with Crippen LogP contribution in [-0.4, -0.2) is 30.8 Å². The molecule has 0 aromatic carbocycles. The van der Waals surface area contributed by atoms with Crippen molar-refractivity contribution in [3.8, 4) is 0 Å². The Labute approximate surface area is 87.3 Å². The Kier molecular flexibility index (Phi) is 2.18. The first kappa shape index (κ1) is 9.51. The fourth-order valence-electron chi connectivity index (χ4n) is 2.82. The summed E-state index contributed by atoms with van der Waals surface area (Å²) >= 11 is 5.32. The molecule has 1 nitrogen and oxygen atoms in total. The van der Waals surface area contributed by atoms with E-state index >= 15 is 0 Å². The van der Waals surface area contributed by atoms with Gasteiger partial charge in [-0.15, -0.1) is 0 Å². The molecule has 3 unspecified atom stereocenters. The molecule has 2 aliphatic rings. The van der Waals surface area contributed by atoms with Gasteiger partial charge in [-0.2, -0.15) is 0 Å². The van der Waals surface area contributed by atoms with Crippen LogP contribution < -0.4 is 0 Å². The Morgan fingerprint density at radius 1 is 1.62 bits per heavy atom. The summed E-state index contributed by atoms with van der Waals surface area (Å²) in [4.78, 5) is 3.42. The lowest BCUT2D eigenvalue weighted by atomic mass is 9.58. The van der Waals surface area contributed by atoms with Crippen LogP contribution in [0.1, 0.15) is 32.6 Å². The maximum Gasteiger partial charge on any atom is 0.0782 e. The van der Waals surface area contributed by atoms with Crippen LogP contribution in [0.4, 0.5) is 0 Å². The van der Waals surface area contributed by atoms with Crippen molar-refractivity contribution in [1.82, 2.24) is 4.90 Å². The largest absolute Gasteiger partial charge is 0.366 e. The van der Waals surface area contributed by atoms with E-state index in [1.165, 1.54) is 6.42 Å². The molecule has 0 spiro atoms. The lowest BCUT2D eigenvalue weighted by Gasteiger charge is -2.39. The van der Waals surface area contributed by atoms with Crippen molar-refractivity contribution in [1.29, 1.82) is 0 Å². The monoisotopic (exact) mass is 193 g/mol. The third kappa shape index (κ3) is 1.63. The van der Waals surface area contributed by atoms with Crippen LogP contribution in [0.5, 0.6) is 0 Å². The van der Waals surface area contributed by atoms with Crippen LogP contribution in [0.25, 0.3) is 0 Å². The summed E-state index contributed by atoms with van der Waals surface area (Å²) < 4.78 is 0. The summed E-state index contributed by atoms with van der Waals surface area (Å²) in [7, 11) is 8.29. The molecule has 1 aliphatic carbocycles. The van der Waals surface area contributed by atoms with E-state index in [4.69, 9.17) is 20.1 Å². The van der Waals surface area contributed by atoms with Crippen molar-refractivity contribution < 1.29 is 0 Å². The Bertz CT molecular complexity index is 239. The van der Waals surface area contributed by atoms with Gasteiger partial charge in [0.05, 0.1) is 12.8 Å². The molecule has 3 atom stereocenters. The molecule has 0 bridgehead atoms. The fourth-order valence-corrected chi connectivity index (χ4v) is 3.17. The van der Waals surface area contributed by atoms with Crippen molar-refractivity contribution in [2.45, 2.75) is 44.0 Å². The van der Waals surface area contributed by atoms with Gasteiger partial charge in [0, 0.05) is 19.5 Å². The maximum atomic E-state index is 6.16. The number of nitrogens with zero attached hydrogens (tertiary/aromatic N) is 1. The minimum absolute atomic E-state index is 0.0575. The molecule has 1 aliphatic heterocycles. The normalized spacial score (nSPS) is 45.1. The van der Waals surface area contributed by atoms with E-state index in [1.807, 2.05) is 0 Å². The van der Waals surface area contributed by atoms with Crippen molar-refractivity contribution in [3.05, 3.63) is 0 Å². The summed E-state index contributed by atoms with van der Waals surface area (Å²) in [6.07, 6.45) is 4.58. The van der Waals surface area contributed by atoms with Crippen molar-refractivity contribution in [3.63, 3.8) is 0 Å². The van der Waals surface area contributed by atoms with Gasteiger partial charge in [0.15, 0.2) is 0 Å². The Hall–Kier alpha value is -0.0451. The van der Waals surface area contributed by atoms with E-state index in [0.717, 1.165) is 30.2 Å². The summed E-state index contributed by atoms with van der Waals surface area (Å²) in [5.74, 6) is 0.723. The van der Waals surface area contributed by atoms with E-state index in [2.05, 4.69) is 18.9 Å². The average Bonchev–Trinajstić information content (AvgIpc) is 2.25. The number of rotatable bonds is 0. The minimum atomic E-state index is 0.0575. The van der Waals surface area contributed by atoms with E-state index in [0.29, 0.717) is 6.04 Å². The van der Waals surface area contributed by atoms with Crippen LogP contribution >= 0.6 is 12.2 Å². The molecular weight excluding hydrogens is 177 g/mol. The summed E-state index contributed by atoms with van der Waals surface area (Å²) in [5.41, 5.74) is 0. The fraction of sp³-hybridized carbons (Fsp3) is 0.900. The topological polar surface area (TPSA) is 3.24 Å². The van der Waals surface area contributed by atoms with Crippen LogP contribution in [0.15, 0.2) is 0 Å². The molecule has 0 amide bonds. The van der Waals surface area contributed by atoms with E-state index in [1.54, 1.807) is 0 Å². The summed E-state index contributed by atoms with van der Waals surface area (Å²) in [5, 5.41) is 0.0575. The summed E-state index contributed by atoms with van der Waals surface area (Å²) in [6, 6.07) is 0.684. The molecule has 2 radical (unpaired) electrons. The second kappa shape index (κ2) is 2.98. The smallest absolute Gasteiger partial charge is 0.0782 e. The first-order chi connectivity index (χ1) is 5.99. The van der Waals surface area contributed by atoms with Gasteiger partial charge in [0.1, 0.15) is 0 Å². The molecule has 3 heteroatoms. The van der Waals surface area contributed by atoms with Crippen molar-refractivity contribution >= 4 is 25.1 Å². The molecule has 1 heterocycles. The molecule has 0 aromatic rings. The first-order valence-electron chi connectivity index (χ1n) is 5.04. The Morgan fingerprint density at radius 2 is 2.31 bits per heavy atom. The zero-order valence-electron chi connectivity index (χ0n) is 8.42. The average molecular weight is 193 g/mol. The van der Waals surface area contributed by atoms with Gasteiger partial charge in [-0.1, -0.05) is 37.3 Å². The second-order valence-corrected chi connectivity index (χ2v) is 5.40. The first-order valence-corrected chi connectivity index (χ1v) is 5.45. The van der Waals surface area contributed by atoms with Crippen LogP contribution in [0.2, 0.25) is 5.31 Å². The van der Waals surface area contributed by atoms with Gasteiger partial charge in [0.2, 0.25) is 0 Å². The zero-order chi connectivity index (χ0) is 9.64. The SMILES string of the molecule is [B]C1(C)CCC2C(CC(=S)N2C)C1. The highest BCUT2D eigenvalue weighted by molar-refractivity contribution is 7.80. The minimum Gasteiger partial charge on any atom is -0.366 e. The number of hydrogen-bond donors (Lipinski definition) is 0. The highest BCUT2D eigenvalue weighted by Crippen LogP contribution is 2.47. The molecule has 70 valence electrons. The van der Waals surface area contributed by atoms with Crippen molar-refractivity contribution in [2.75, 3.05) is 7.05 Å². The van der Waals surface area contributed by atoms with Crippen molar-refractivity contribution in [2.24, 2.45) is 5.92 Å². The van der Waals surface area contributed by atoms with Gasteiger partial charge < -0.3 is 4.90 Å². The lowest BCUT2D eigenvalue weighted by molar-refractivity contribution is 0.206. The van der Waals surface area contributed by atoms with Gasteiger partial charge in [-0.3, -0.25) is 0 Å². The van der Waals surface area contributed by atoms with Gasteiger partial charge in [-0.05, 0) is 12.3 Å². The molecule has 0 aromatic heterocycles. The van der Waals surface area contributed by atoms with E-state index in [-0.39, 0.29) is 5.31 Å². The molecule has 13 heavy (non-hydrogen) atoms. The number of fused-ring (bicyclic) bond motifs is 1. The second-order valence-electron chi connectivity index (χ2n) is 4.93. The van der Waals surface area contributed by atoms with Gasteiger partial charge in [0.25, 0.3) is 0 Å². The Morgan fingerprint density at radius 3 is 3.00 bits per heavy atom. The molecule has 1 saturated heterocycles. The molecule has 2 rings (SSSR count). The molecular formula is C10H16BNS. The third-order valence-corrected chi connectivity index (χ3v) is 4.07. The van der Waals surface area contributed by atoms with Crippen LogP contribution in [0, 0.1) is 5.92 Å².